The van der Waals surface area contributed by atoms with Crippen LogP contribution in [-0.2, 0) is 0 Å². The summed E-state index contributed by atoms with van der Waals surface area (Å²) in [4.78, 5) is 0. The first-order valence-corrected chi connectivity index (χ1v) is 2.19. The molecule has 8 heavy (non-hydrogen) atoms. The molecule has 0 spiro atoms. The predicted octanol–water partition coefficient (Wildman–Crippen LogP) is 0.313. The van der Waals surface area contributed by atoms with Gasteiger partial charge in [0, 0.05) is 12.4 Å². The molecule has 1 N–H and O–H groups in total. The van der Waals surface area contributed by atoms with Crippen molar-refractivity contribution in [2.75, 3.05) is 0 Å². The first-order valence-electron chi connectivity index (χ1n) is 2.19. The molecule has 1 aromatic heterocycles. The minimum absolute atomic E-state index is 0.358. The van der Waals surface area contributed by atoms with Crippen LogP contribution in [0.3, 0.4) is 0 Å². The second-order valence-corrected chi connectivity index (χ2v) is 1.45. The van der Waals surface area contributed by atoms with Gasteiger partial charge < -0.3 is 15.3 Å². The summed E-state index contributed by atoms with van der Waals surface area (Å²) in [5.41, 5.74) is 0. The second kappa shape index (κ2) is 1.69. The average molecular weight is 109 g/mol. The van der Waals surface area contributed by atoms with Gasteiger partial charge in [-0.3, -0.25) is 0 Å². The molecule has 0 saturated carbocycles. The Morgan fingerprint density at radius 1 is 1.38 bits per heavy atom. The Hall–Kier alpha value is -1.25. The first-order chi connectivity index (χ1) is 3.79. The van der Waals surface area contributed by atoms with Crippen LogP contribution in [0.5, 0.6) is 0 Å². The summed E-state index contributed by atoms with van der Waals surface area (Å²) in [5.74, 6) is 0. The van der Waals surface area contributed by atoms with Gasteiger partial charge in [0.25, 0.3) is 0 Å². The van der Waals surface area contributed by atoms with E-state index < -0.39 is 0 Å². The number of hydrogen-bond acceptors (Lipinski definition) is 2. The molecule has 1 rings (SSSR count). The molecule has 42 valence electrons. The number of nitrogens with zero attached hydrogens (tertiary/aromatic N) is 1. The highest BCUT2D eigenvalue weighted by molar-refractivity contribution is 4.91. The van der Waals surface area contributed by atoms with Crippen molar-refractivity contribution in [3.8, 4) is 0 Å². The van der Waals surface area contributed by atoms with Crippen LogP contribution in [0.2, 0.25) is 0 Å². The van der Waals surface area contributed by atoms with Gasteiger partial charge in [0.1, 0.15) is 0 Å². The maximum Gasteiger partial charge on any atom is 0.0568 e. The fraction of sp³-hybridized carbons (Fsp3) is 0. The number of nitrogens with one attached hydrogen (secondary N) is 1. The molecular formula is C5H5N2O-. The Morgan fingerprint density at radius 2 is 1.88 bits per heavy atom. The Bertz CT molecular complexity index is 208. The molecule has 1 heterocycles. The fourth-order valence-corrected chi connectivity index (χ4v) is 0.413. The first kappa shape index (κ1) is 4.90. The van der Waals surface area contributed by atoms with Gasteiger partial charge in [-0.15, -0.1) is 0 Å². The third-order valence-corrected chi connectivity index (χ3v) is 0.802. The second-order valence-electron chi connectivity index (χ2n) is 1.45. The lowest BCUT2D eigenvalue weighted by Gasteiger charge is -2.05. The van der Waals surface area contributed by atoms with E-state index in [2.05, 4.69) is 0 Å². The number of aromatic nitrogens is 1. The Balaban J connectivity index is 3.22. The Labute approximate surface area is 46.3 Å². The lowest BCUT2D eigenvalue weighted by Crippen LogP contribution is -1.98. The van der Waals surface area contributed by atoms with Crippen molar-refractivity contribution >= 4 is 0 Å². The fourth-order valence-electron chi connectivity index (χ4n) is 0.413. The summed E-state index contributed by atoms with van der Waals surface area (Å²) in [5, 5.41) is 17.6. The molecule has 3 heteroatoms. The monoisotopic (exact) mass is 109 g/mol. The summed E-state index contributed by atoms with van der Waals surface area (Å²) in [6.45, 7) is 0. The van der Waals surface area contributed by atoms with E-state index >= 15 is 0 Å². The summed E-state index contributed by atoms with van der Waals surface area (Å²) in [7, 11) is 0. The molecule has 0 unspecified atom stereocenters. The zero-order valence-corrected chi connectivity index (χ0v) is 4.16. The number of rotatable bonds is 0. The van der Waals surface area contributed by atoms with Gasteiger partial charge in [-0.25, -0.2) is 0 Å². The van der Waals surface area contributed by atoms with Crippen LogP contribution in [0.15, 0.2) is 24.5 Å². The average Bonchev–Trinajstić information content (AvgIpc) is 1.77. The van der Waals surface area contributed by atoms with E-state index in [9.17, 15) is 5.21 Å². The van der Waals surface area contributed by atoms with Gasteiger partial charge in [-0.2, -0.15) is 0 Å². The topological polar surface area (TPSA) is 51.8 Å². The molecule has 0 aromatic carbocycles. The molecule has 0 saturated heterocycles. The third-order valence-electron chi connectivity index (χ3n) is 0.802. The molecule has 0 aliphatic carbocycles. The van der Waals surface area contributed by atoms with Gasteiger partial charge in [-0.1, -0.05) is 0 Å². The SMILES string of the molecule is N=c1ccn([O-])cc1. The van der Waals surface area contributed by atoms with E-state index in [1.165, 1.54) is 24.5 Å². The van der Waals surface area contributed by atoms with Gasteiger partial charge in [0.2, 0.25) is 0 Å². The smallest absolute Gasteiger partial charge is 0.0568 e. The van der Waals surface area contributed by atoms with E-state index in [0.29, 0.717) is 10.1 Å². The van der Waals surface area contributed by atoms with Crippen LogP contribution in [0, 0.1) is 10.6 Å². The standard InChI is InChI=1S/C5H5N2O/c6-5-1-3-7(8)4-2-5/h1-4,6H/q-1. The Morgan fingerprint density at radius 3 is 2.25 bits per heavy atom. The summed E-state index contributed by atoms with van der Waals surface area (Å²) < 4.78 is 0.651. The van der Waals surface area contributed by atoms with Gasteiger partial charge >= 0.3 is 0 Å². The minimum atomic E-state index is 0.358. The van der Waals surface area contributed by atoms with Crippen molar-refractivity contribution in [3.63, 3.8) is 0 Å². The van der Waals surface area contributed by atoms with E-state index in [1.54, 1.807) is 0 Å². The van der Waals surface area contributed by atoms with E-state index in [1.807, 2.05) is 0 Å². The molecule has 0 atom stereocenters. The highest BCUT2D eigenvalue weighted by Crippen LogP contribution is 1.74. The quantitative estimate of drug-likeness (QED) is 0.512. The molecular weight excluding hydrogens is 104 g/mol. The molecule has 0 amide bonds. The van der Waals surface area contributed by atoms with Crippen molar-refractivity contribution in [1.82, 2.24) is 4.73 Å². The van der Waals surface area contributed by atoms with Gasteiger partial charge in [0.05, 0.1) is 5.36 Å². The predicted molar refractivity (Wildman–Crippen MR) is 29.1 cm³/mol. The van der Waals surface area contributed by atoms with E-state index in [4.69, 9.17) is 5.41 Å². The minimum Gasteiger partial charge on any atom is -0.806 e. The van der Waals surface area contributed by atoms with Gasteiger partial charge in [0.15, 0.2) is 0 Å². The summed E-state index contributed by atoms with van der Waals surface area (Å²) >= 11 is 0. The number of hydrogen-bond donors (Lipinski definition) is 1. The lowest BCUT2D eigenvalue weighted by molar-refractivity contribution is 1.04. The van der Waals surface area contributed by atoms with E-state index in [-0.39, 0.29) is 0 Å². The molecule has 3 nitrogen and oxygen atoms in total. The van der Waals surface area contributed by atoms with Crippen LogP contribution in [0.4, 0.5) is 0 Å². The normalized spacial score (nSPS) is 9.00. The van der Waals surface area contributed by atoms with Crippen LogP contribution in [0.1, 0.15) is 0 Å². The third kappa shape index (κ3) is 0.872. The van der Waals surface area contributed by atoms with Crippen molar-refractivity contribution in [1.29, 1.82) is 5.41 Å². The summed E-state index contributed by atoms with van der Waals surface area (Å²) in [6, 6.07) is 2.88. The summed E-state index contributed by atoms with van der Waals surface area (Å²) in [6.07, 6.45) is 2.59. The van der Waals surface area contributed by atoms with Crippen molar-refractivity contribution in [3.05, 3.63) is 35.1 Å². The lowest BCUT2D eigenvalue weighted by atomic mass is 10.5. The van der Waals surface area contributed by atoms with Gasteiger partial charge in [-0.05, 0) is 12.1 Å². The maximum atomic E-state index is 10.3. The van der Waals surface area contributed by atoms with E-state index in [0.717, 1.165) is 0 Å². The van der Waals surface area contributed by atoms with Crippen LogP contribution < -0.4 is 5.36 Å². The molecule has 0 radical (unpaired) electrons. The Kier molecular flexibility index (Phi) is 1.04. The molecule has 0 aliphatic heterocycles. The van der Waals surface area contributed by atoms with Crippen molar-refractivity contribution in [2.45, 2.75) is 0 Å². The zero-order valence-electron chi connectivity index (χ0n) is 4.16. The zero-order chi connectivity index (χ0) is 5.98. The molecule has 0 aliphatic rings. The van der Waals surface area contributed by atoms with Crippen molar-refractivity contribution in [2.24, 2.45) is 0 Å². The number of pyridine rings is 1. The highest BCUT2D eigenvalue weighted by atomic mass is 16.5. The molecule has 1 aromatic rings. The highest BCUT2D eigenvalue weighted by Gasteiger charge is 1.69. The van der Waals surface area contributed by atoms with Crippen LogP contribution in [0.25, 0.3) is 0 Å². The largest absolute Gasteiger partial charge is 0.806 e. The van der Waals surface area contributed by atoms with Crippen molar-refractivity contribution < 1.29 is 0 Å². The van der Waals surface area contributed by atoms with Crippen LogP contribution in [-0.4, -0.2) is 4.73 Å². The van der Waals surface area contributed by atoms with Crippen LogP contribution >= 0.6 is 0 Å². The maximum absolute atomic E-state index is 10.3. The molecule has 0 bridgehead atoms. The molecule has 0 fully saturated rings.